The summed E-state index contributed by atoms with van der Waals surface area (Å²) >= 11 is 0. The predicted molar refractivity (Wildman–Crippen MR) is 69.8 cm³/mol. The monoisotopic (exact) mass is 218 g/mol. The van der Waals surface area contributed by atoms with E-state index >= 15 is 0 Å². The van der Waals surface area contributed by atoms with E-state index in [2.05, 4.69) is 55.5 Å². The number of hydrogen-bond donors (Lipinski definition) is 1. The molecule has 1 N–H and O–H groups in total. The molecule has 1 aromatic rings. The maximum Gasteiger partial charge on any atom is 0.0361 e. The van der Waals surface area contributed by atoms with E-state index in [1.165, 1.54) is 24.1 Å². The Balaban J connectivity index is 1.81. The van der Waals surface area contributed by atoms with Crippen LogP contribution >= 0.6 is 0 Å². The molecule has 2 nitrogen and oxygen atoms in total. The smallest absolute Gasteiger partial charge is 0.0361 e. The molecule has 0 amide bonds. The van der Waals surface area contributed by atoms with Gasteiger partial charge in [0.15, 0.2) is 0 Å². The first-order valence-electron chi connectivity index (χ1n) is 6.15. The number of nitrogens with zero attached hydrogens (tertiary/aromatic N) is 1. The zero-order valence-electron chi connectivity index (χ0n) is 10.5. The Morgan fingerprint density at radius 1 is 1.19 bits per heavy atom. The molecule has 0 radical (unpaired) electrons. The number of anilines is 1. The van der Waals surface area contributed by atoms with Crippen molar-refractivity contribution in [2.24, 2.45) is 5.92 Å². The average Bonchev–Trinajstić information content (AvgIpc) is 2.23. The summed E-state index contributed by atoms with van der Waals surface area (Å²) in [5.74, 6) is 0.925. The van der Waals surface area contributed by atoms with E-state index in [1.54, 1.807) is 0 Å². The summed E-state index contributed by atoms with van der Waals surface area (Å²) in [6.07, 6.45) is 2.69. The van der Waals surface area contributed by atoms with Crippen LogP contribution in [0.5, 0.6) is 0 Å². The van der Waals surface area contributed by atoms with Crippen LogP contribution in [0.1, 0.15) is 25.3 Å². The van der Waals surface area contributed by atoms with E-state index in [1.807, 2.05) is 0 Å². The quantitative estimate of drug-likeness (QED) is 0.836. The summed E-state index contributed by atoms with van der Waals surface area (Å²) in [5, 5.41) is 3.60. The molecule has 1 aromatic carbocycles. The molecule has 0 unspecified atom stereocenters. The summed E-state index contributed by atoms with van der Waals surface area (Å²) in [7, 11) is 4.14. The van der Waals surface area contributed by atoms with Crippen LogP contribution in [-0.2, 0) is 6.54 Å². The van der Waals surface area contributed by atoms with Gasteiger partial charge < -0.3 is 10.2 Å². The van der Waals surface area contributed by atoms with Crippen LogP contribution in [0.25, 0.3) is 0 Å². The highest BCUT2D eigenvalue weighted by Gasteiger charge is 2.24. The molecule has 0 atom stereocenters. The van der Waals surface area contributed by atoms with Crippen molar-refractivity contribution in [1.82, 2.24) is 5.32 Å². The first-order chi connectivity index (χ1) is 7.65. The third kappa shape index (κ3) is 2.76. The Labute approximate surface area is 98.7 Å². The predicted octanol–water partition coefficient (Wildman–Crippen LogP) is 2.64. The minimum Gasteiger partial charge on any atom is -0.378 e. The van der Waals surface area contributed by atoms with E-state index in [0.717, 1.165) is 18.5 Å². The third-order valence-corrected chi connectivity index (χ3v) is 3.42. The lowest BCUT2D eigenvalue weighted by Gasteiger charge is -2.33. The topological polar surface area (TPSA) is 15.3 Å². The highest BCUT2D eigenvalue weighted by Crippen LogP contribution is 2.26. The van der Waals surface area contributed by atoms with Crippen LogP contribution in [0.2, 0.25) is 0 Å². The molecule has 0 bridgehead atoms. The van der Waals surface area contributed by atoms with Crippen molar-refractivity contribution in [2.75, 3.05) is 19.0 Å². The fraction of sp³-hybridized carbons (Fsp3) is 0.571. The molecule has 2 rings (SSSR count). The summed E-state index contributed by atoms with van der Waals surface area (Å²) in [4.78, 5) is 2.13. The molecular weight excluding hydrogens is 196 g/mol. The van der Waals surface area contributed by atoms with Crippen LogP contribution < -0.4 is 10.2 Å². The normalized spacial score (nSPS) is 23.9. The first-order valence-corrected chi connectivity index (χ1v) is 6.15. The van der Waals surface area contributed by atoms with E-state index in [9.17, 15) is 0 Å². The van der Waals surface area contributed by atoms with E-state index in [0.29, 0.717) is 0 Å². The second-order valence-corrected chi connectivity index (χ2v) is 5.22. The minimum absolute atomic E-state index is 0.753. The van der Waals surface area contributed by atoms with E-state index < -0.39 is 0 Å². The third-order valence-electron chi connectivity index (χ3n) is 3.42. The van der Waals surface area contributed by atoms with Crippen molar-refractivity contribution in [3.8, 4) is 0 Å². The standard InChI is InChI=1S/C14H22N2/c1-11-8-13(9-11)15-10-12-4-6-14(7-5-12)16(2)3/h4-7,11,13,15H,8-10H2,1-3H3. The molecule has 2 heteroatoms. The average molecular weight is 218 g/mol. The summed E-state index contributed by atoms with van der Waals surface area (Å²) in [6, 6.07) is 9.54. The van der Waals surface area contributed by atoms with Crippen molar-refractivity contribution in [1.29, 1.82) is 0 Å². The SMILES string of the molecule is CC1CC(NCc2ccc(N(C)C)cc2)C1. The van der Waals surface area contributed by atoms with E-state index in [4.69, 9.17) is 0 Å². The van der Waals surface area contributed by atoms with Gasteiger partial charge in [0.1, 0.15) is 0 Å². The number of benzene rings is 1. The highest BCUT2D eigenvalue weighted by atomic mass is 15.1. The fourth-order valence-corrected chi connectivity index (χ4v) is 2.24. The molecule has 88 valence electrons. The molecular formula is C14H22N2. The molecule has 16 heavy (non-hydrogen) atoms. The second kappa shape index (κ2) is 4.88. The largest absolute Gasteiger partial charge is 0.378 e. The van der Waals surface area contributed by atoms with Crippen LogP contribution in [0.15, 0.2) is 24.3 Å². The number of hydrogen-bond acceptors (Lipinski definition) is 2. The molecule has 0 spiro atoms. The number of nitrogens with one attached hydrogen (secondary N) is 1. The van der Waals surface area contributed by atoms with Crippen LogP contribution in [0.3, 0.4) is 0 Å². The van der Waals surface area contributed by atoms with Crippen LogP contribution in [0, 0.1) is 5.92 Å². The molecule has 0 saturated heterocycles. The maximum atomic E-state index is 3.60. The Morgan fingerprint density at radius 3 is 2.31 bits per heavy atom. The molecule has 1 aliphatic carbocycles. The summed E-state index contributed by atoms with van der Waals surface area (Å²) in [6.45, 7) is 3.33. The van der Waals surface area contributed by atoms with Crippen molar-refractivity contribution >= 4 is 5.69 Å². The summed E-state index contributed by atoms with van der Waals surface area (Å²) < 4.78 is 0. The van der Waals surface area contributed by atoms with Gasteiger partial charge in [-0.25, -0.2) is 0 Å². The molecule has 0 aromatic heterocycles. The maximum absolute atomic E-state index is 3.60. The van der Waals surface area contributed by atoms with Gasteiger partial charge in [0.05, 0.1) is 0 Å². The lowest BCUT2D eigenvalue weighted by molar-refractivity contribution is 0.240. The molecule has 1 fully saturated rings. The van der Waals surface area contributed by atoms with Gasteiger partial charge in [-0.3, -0.25) is 0 Å². The van der Waals surface area contributed by atoms with Gasteiger partial charge >= 0.3 is 0 Å². The molecule has 0 aliphatic heterocycles. The Morgan fingerprint density at radius 2 is 1.81 bits per heavy atom. The van der Waals surface area contributed by atoms with Crippen LogP contribution in [0.4, 0.5) is 5.69 Å². The first kappa shape index (κ1) is 11.5. The molecule has 0 heterocycles. The van der Waals surface area contributed by atoms with Gasteiger partial charge in [-0.1, -0.05) is 19.1 Å². The second-order valence-electron chi connectivity index (χ2n) is 5.22. The Bertz CT molecular complexity index is 323. The van der Waals surface area contributed by atoms with Crippen LogP contribution in [-0.4, -0.2) is 20.1 Å². The molecule has 1 aliphatic rings. The van der Waals surface area contributed by atoms with Crippen molar-refractivity contribution in [3.05, 3.63) is 29.8 Å². The summed E-state index contributed by atoms with van der Waals surface area (Å²) in [5.41, 5.74) is 2.64. The Hall–Kier alpha value is -1.02. The Kier molecular flexibility index (Phi) is 3.49. The van der Waals surface area contributed by atoms with Gasteiger partial charge in [-0.05, 0) is 36.5 Å². The van der Waals surface area contributed by atoms with E-state index in [-0.39, 0.29) is 0 Å². The fourth-order valence-electron chi connectivity index (χ4n) is 2.24. The zero-order chi connectivity index (χ0) is 11.5. The highest BCUT2D eigenvalue weighted by molar-refractivity contribution is 5.45. The zero-order valence-corrected chi connectivity index (χ0v) is 10.5. The van der Waals surface area contributed by atoms with Gasteiger partial charge in [-0.15, -0.1) is 0 Å². The van der Waals surface area contributed by atoms with Crippen molar-refractivity contribution < 1.29 is 0 Å². The van der Waals surface area contributed by atoms with Crippen molar-refractivity contribution in [3.63, 3.8) is 0 Å². The lowest BCUT2D eigenvalue weighted by Crippen LogP contribution is -2.39. The minimum atomic E-state index is 0.753. The number of rotatable bonds is 4. The lowest BCUT2D eigenvalue weighted by atomic mass is 9.82. The van der Waals surface area contributed by atoms with Crippen molar-refractivity contribution in [2.45, 2.75) is 32.4 Å². The van der Waals surface area contributed by atoms with Gasteiger partial charge in [0.2, 0.25) is 0 Å². The van der Waals surface area contributed by atoms with Gasteiger partial charge in [0, 0.05) is 32.4 Å². The van der Waals surface area contributed by atoms with Gasteiger partial charge in [-0.2, -0.15) is 0 Å². The van der Waals surface area contributed by atoms with Gasteiger partial charge in [0.25, 0.3) is 0 Å². The molecule has 1 saturated carbocycles.